The number of piperidine rings is 1. The van der Waals surface area contributed by atoms with E-state index in [1.165, 1.54) is 6.42 Å². The summed E-state index contributed by atoms with van der Waals surface area (Å²) in [7, 11) is 0. The summed E-state index contributed by atoms with van der Waals surface area (Å²) in [5, 5.41) is 0. The predicted molar refractivity (Wildman–Crippen MR) is 59.5 cm³/mol. The molecular weight excluding hydrogens is 188 g/mol. The smallest absolute Gasteiger partial charge is 0.227 e. The molecule has 0 radical (unpaired) electrons. The first-order valence-corrected chi connectivity index (χ1v) is 5.65. The zero-order valence-electron chi connectivity index (χ0n) is 9.20. The van der Waals surface area contributed by atoms with Crippen LogP contribution < -0.4 is 0 Å². The predicted octanol–water partition coefficient (Wildman–Crippen LogP) is 1.82. The van der Waals surface area contributed by atoms with Crippen molar-refractivity contribution < 1.29 is 4.79 Å². The average molecular weight is 206 g/mol. The summed E-state index contributed by atoms with van der Waals surface area (Å²) in [6.07, 6.45) is 6.71. The molecule has 1 atom stereocenters. The number of H-pyrrole nitrogens is 1. The lowest BCUT2D eigenvalue weighted by molar-refractivity contribution is -0.132. The van der Waals surface area contributed by atoms with Gasteiger partial charge in [0, 0.05) is 25.5 Å². The largest absolute Gasteiger partial charge is 0.367 e. The lowest BCUT2D eigenvalue weighted by atomic mass is 10.00. The highest BCUT2D eigenvalue weighted by molar-refractivity contribution is 5.78. The minimum Gasteiger partial charge on any atom is -0.367 e. The number of hydrogen-bond acceptors (Lipinski definition) is 1. The standard InChI is InChI=1S/C12H18N2O/c1-10-3-2-6-14(9-10)12(15)7-11-4-5-13-8-11/h4-5,8,10,13H,2-3,6-7,9H2,1H3. The van der Waals surface area contributed by atoms with Crippen LogP contribution in [0.4, 0.5) is 0 Å². The van der Waals surface area contributed by atoms with Gasteiger partial charge in [0.05, 0.1) is 6.42 Å². The third-order valence-electron chi connectivity index (χ3n) is 3.03. The van der Waals surface area contributed by atoms with Crippen molar-refractivity contribution in [3.63, 3.8) is 0 Å². The quantitative estimate of drug-likeness (QED) is 0.787. The summed E-state index contributed by atoms with van der Waals surface area (Å²) in [4.78, 5) is 16.9. The molecule has 82 valence electrons. The SMILES string of the molecule is CC1CCCN(C(=O)Cc2cc[nH]c2)C1. The molecule has 1 saturated heterocycles. The Balaban J connectivity index is 1.90. The van der Waals surface area contributed by atoms with Gasteiger partial charge in [0.25, 0.3) is 0 Å². The van der Waals surface area contributed by atoms with Crippen molar-refractivity contribution in [2.24, 2.45) is 5.92 Å². The van der Waals surface area contributed by atoms with Crippen molar-refractivity contribution in [1.29, 1.82) is 0 Å². The Labute approximate surface area is 90.5 Å². The topological polar surface area (TPSA) is 36.1 Å². The minimum absolute atomic E-state index is 0.265. The molecule has 0 bridgehead atoms. The molecular formula is C12H18N2O. The maximum atomic E-state index is 11.9. The normalized spacial score (nSPS) is 21.7. The van der Waals surface area contributed by atoms with Crippen LogP contribution in [0.5, 0.6) is 0 Å². The molecule has 0 saturated carbocycles. The summed E-state index contributed by atoms with van der Waals surface area (Å²) in [5.74, 6) is 0.926. The number of rotatable bonds is 2. The van der Waals surface area contributed by atoms with E-state index in [4.69, 9.17) is 0 Å². The highest BCUT2D eigenvalue weighted by atomic mass is 16.2. The van der Waals surface area contributed by atoms with Crippen LogP contribution in [-0.4, -0.2) is 28.9 Å². The summed E-state index contributed by atoms with van der Waals surface area (Å²) in [6.45, 7) is 4.09. The van der Waals surface area contributed by atoms with Gasteiger partial charge in [-0.05, 0) is 30.4 Å². The Kier molecular flexibility index (Phi) is 3.09. The molecule has 15 heavy (non-hydrogen) atoms. The fourth-order valence-electron chi connectivity index (χ4n) is 2.17. The van der Waals surface area contributed by atoms with Crippen molar-refractivity contribution in [2.75, 3.05) is 13.1 Å². The number of nitrogens with zero attached hydrogens (tertiary/aromatic N) is 1. The van der Waals surface area contributed by atoms with Crippen molar-refractivity contribution in [2.45, 2.75) is 26.2 Å². The molecule has 0 aliphatic carbocycles. The highest BCUT2D eigenvalue weighted by Crippen LogP contribution is 2.16. The number of nitrogens with one attached hydrogen (secondary N) is 1. The van der Waals surface area contributed by atoms with Crippen molar-refractivity contribution in [3.05, 3.63) is 24.0 Å². The second-order valence-electron chi connectivity index (χ2n) is 4.48. The molecule has 1 aliphatic heterocycles. The monoisotopic (exact) mass is 206 g/mol. The summed E-state index contributed by atoms with van der Waals surface area (Å²) < 4.78 is 0. The number of carbonyl (C=O) groups excluding carboxylic acids is 1. The maximum Gasteiger partial charge on any atom is 0.227 e. The van der Waals surface area contributed by atoms with E-state index in [9.17, 15) is 4.79 Å². The zero-order chi connectivity index (χ0) is 10.7. The second-order valence-corrected chi connectivity index (χ2v) is 4.48. The molecule has 1 unspecified atom stereocenters. The molecule has 3 nitrogen and oxygen atoms in total. The average Bonchev–Trinajstić information content (AvgIpc) is 2.70. The van der Waals surface area contributed by atoms with Gasteiger partial charge >= 0.3 is 0 Å². The van der Waals surface area contributed by atoms with Crippen LogP contribution in [0.1, 0.15) is 25.3 Å². The number of aromatic nitrogens is 1. The van der Waals surface area contributed by atoms with Gasteiger partial charge in [-0.3, -0.25) is 4.79 Å². The Morgan fingerprint density at radius 2 is 2.53 bits per heavy atom. The van der Waals surface area contributed by atoms with Crippen LogP contribution in [0.3, 0.4) is 0 Å². The molecule has 0 spiro atoms. The van der Waals surface area contributed by atoms with Crippen LogP contribution >= 0.6 is 0 Å². The van der Waals surface area contributed by atoms with Gasteiger partial charge in [-0.1, -0.05) is 6.92 Å². The maximum absolute atomic E-state index is 11.9. The van der Waals surface area contributed by atoms with E-state index in [-0.39, 0.29) is 5.91 Å². The van der Waals surface area contributed by atoms with Crippen molar-refractivity contribution in [1.82, 2.24) is 9.88 Å². The number of aromatic amines is 1. The molecule has 2 heterocycles. The number of amides is 1. The first-order chi connectivity index (χ1) is 7.25. The molecule has 2 rings (SSSR count). The van der Waals surface area contributed by atoms with Crippen LogP contribution in [0, 0.1) is 5.92 Å². The van der Waals surface area contributed by atoms with Crippen molar-refractivity contribution in [3.8, 4) is 0 Å². The molecule has 1 N–H and O–H groups in total. The first kappa shape index (κ1) is 10.3. The number of hydrogen-bond donors (Lipinski definition) is 1. The van der Waals surface area contributed by atoms with Crippen LogP contribution in [0.15, 0.2) is 18.5 Å². The molecule has 1 aromatic rings. The lowest BCUT2D eigenvalue weighted by Crippen LogP contribution is -2.39. The minimum atomic E-state index is 0.265. The molecule has 0 aromatic carbocycles. The van der Waals surface area contributed by atoms with Crippen LogP contribution in [0.2, 0.25) is 0 Å². The Hall–Kier alpha value is -1.25. The molecule has 1 aliphatic rings. The molecule has 1 amide bonds. The van der Waals surface area contributed by atoms with Gasteiger partial charge in [-0.15, -0.1) is 0 Å². The lowest BCUT2D eigenvalue weighted by Gasteiger charge is -2.30. The van der Waals surface area contributed by atoms with Gasteiger partial charge in [0.15, 0.2) is 0 Å². The number of likely N-dealkylation sites (tertiary alicyclic amines) is 1. The van der Waals surface area contributed by atoms with Crippen molar-refractivity contribution >= 4 is 5.91 Å². The molecule has 1 fully saturated rings. The third-order valence-corrected chi connectivity index (χ3v) is 3.03. The second kappa shape index (κ2) is 4.51. The summed E-state index contributed by atoms with van der Waals surface area (Å²) >= 11 is 0. The van der Waals surface area contributed by atoms with Gasteiger partial charge in [-0.25, -0.2) is 0 Å². The molecule has 1 aromatic heterocycles. The fraction of sp³-hybridized carbons (Fsp3) is 0.583. The van der Waals surface area contributed by atoms with E-state index < -0.39 is 0 Å². The van der Waals surface area contributed by atoms with E-state index in [1.54, 1.807) is 0 Å². The van der Waals surface area contributed by atoms with Gasteiger partial charge in [-0.2, -0.15) is 0 Å². The zero-order valence-corrected chi connectivity index (χ0v) is 9.20. The van der Waals surface area contributed by atoms with E-state index in [1.807, 2.05) is 23.4 Å². The summed E-state index contributed by atoms with van der Waals surface area (Å²) in [5.41, 5.74) is 1.08. The summed E-state index contributed by atoms with van der Waals surface area (Å²) in [6, 6.07) is 1.96. The Morgan fingerprint density at radius 1 is 1.67 bits per heavy atom. The van der Waals surface area contributed by atoms with Crippen LogP contribution in [0.25, 0.3) is 0 Å². The van der Waals surface area contributed by atoms with Crippen LogP contribution in [-0.2, 0) is 11.2 Å². The highest BCUT2D eigenvalue weighted by Gasteiger charge is 2.20. The van der Waals surface area contributed by atoms with E-state index in [2.05, 4.69) is 11.9 Å². The van der Waals surface area contributed by atoms with E-state index in [0.717, 1.165) is 25.1 Å². The Bertz CT molecular complexity index is 318. The third kappa shape index (κ3) is 2.61. The fourth-order valence-corrected chi connectivity index (χ4v) is 2.17. The van der Waals surface area contributed by atoms with Gasteiger partial charge in [0.2, 0.25) is 5.91 Å². The van der Waals surface area contributed by atoms with Gasteiger partial charge in [0.1, 0.15) is 0 Å². The number of carbonyl (C=O) groups is 1. The Morgan fingerprint density at radius 3 is 3.20 bits per heavy atom. The van der Waals surface area contributed by atoms with E-state index >= 15 is 0 Å². The first-order valence-electron chi connectivity index (χ1n) is 5.65. The van der Waals surface area contributed by atoms with Gasteiger partial charge < -0.3 is 9.88 Å². The van der Waals surface area contributed by atoms with E-state index in [0.29, 0.717) is 12.3 Å². The molecule has 3 heteroatoms.